The molecule has 0 fully saturated rings. The van der Waals surface area contributed by atoms with E-state index in [1.807, 2.05) is 13.8 Å². The molecule has 0 bridgehead atoms. The molecular formula is C12H20N4O3. The average Bonchev–Trinajstić information content (AvgIpc) is 2.54. The van der Waals surface area contributed by atoms with Crippen LogP contribution in [-0.2, 0) is 20.9 Å². The van der Waals surface area contributed by atoms with E-state index in [0.29, 0.717) is 17.1 Å². The SMILES string of the molecule is Cc1nn(CC(=O)OCC(=O)NC(C)C)c(C)c1N. The highest BCUT2D eigenvalue weighted by molar-refractivity contribution is 5.80. The van der Waals surface area contributed by atoms with Gasteiger partial charge in [0, 0.05) is 6.04 Å². The van der Waals surface area contributed by atoms with Crippen LogP contribution in [0.1, 0.15) is 25.2 Å². The second-order valence-electron chi connectivity index (χ2n) is 4.63. The second kappa shape index (κ2) is 6.21. The molecule has 7 heteroatoms. The number of esters is 1. The third-order valence-corrected chi connectivity index (χ3v) is 2.53. The molecule has 1 heterocycles. The Kier molecular flexibility index (Phi) is 4.91. The van der Waals surface area contributed by atoms with E-state index in [1.165, 1.54) is 4.68 Å². The van der Waals surface area contributed by atoms with Crippen molar-refractivity contribution in [2.75, 3.05) is 12.3 Å². The first-order valence-corrected chi connectivity index (χ1v) is 6.05. The van der Waals surface area contributed by atoms with Crippen molar-refractivity contribution in [2.45, 2.75) is 40.3 Å². The van der Waals surface area contributed by atoms with Gasteiger partial charge in [0.05, 0.1) is 17.1 Å². The summed E-state index contributed by atoms with van der Waals surface area (Å²) in [5, 5.41) is 6.74. The number of hydrogen-bond donors (Lipinski definition) is 2. The minimum Gasteiger partial charge on any atom is -0.454 e. The maximum absolute atomic E-state index is 11.6. The number of carbonyl (C=O) groups is 2. The van der Waals surface area contributed by atoms with Crippen LogP contribution in [0.2, 0.25) is 0 Å². The van der Waals surface area contributed by atoms with E-state index in [0.717, 1.165) is 0 Å². The van der Waals surface area contributed by atoms with E-state index in [4.69, 9.17) is 10.5 Å². The lowest BCUT2D eigenvalue weighted by atomic mass is 10.3. The summed E-state index contributed by atoms with van der Waals surface area (Å²) in [6.07, 6.45) is 0. The van der Waals surface area contributed by atoms with Crippen LogP contribution in [0.15, 0.2) is 0 Å². The third kappa shape index (κ3) is 4.27. The summed E-state index contributed by atoms with van der Waals surface area (Å²) in [6.45, 7) is 6.86. The van der Waals surface area contributed by atoms with Crippen LogP contribution < -0.4 is 11.1 Å². The lowest BCUT2D eigenvalue weighted by Crippen LogP contribution is -2.34. The summed E-state index contributed by atoms with van der Waals surface area (Å²) in [5.41, 5.74) is 7.69. The van der Waals surface area contributed by atoms with E-state index < -0.39 is 5.97 Å². The topological polar surface area (TPSA) is 99.2 Å². The summed E-state index contributed by atoms with van der Waals surface area (Å²) < 4.78 is 6.33. The van der Waals surface area contributed by atoms with E-state index in [9.17, 15) is 9.59 Å². The van der Waals surface area contributed by atoms with Gasteiger partial charge in [-0.05, 0) is 27.7 Å². The van der Waals surface area contributed by atoms with Crippen LogP contribution in [0.4, 0.5) is 5.69 Å². The minimum atomic E-state index is -0.524. The van der Waals surface area contributed by atoms with Crippen LogP contribution in [0.5, 0.6) is 0 Å². The number of carbonyl (C=O) groups excluding carboxylic acids is 2. The normalized spacial score (nSPS) is 10.6. The summed E-state index contributed by atoms with van der Waals surface area (Å²) in [6, 6.07) is 0.0157. The molecule has 0 radical (unpaired) electrons. The molecule has 0 aliphatic heterocycles. The van der Waals surface area contributed by atoms with Gasteiger partial charge in [-0.1, -0.05) is 0 Å². The molecule has 0 aliphatic carbocycles. The molecule has 1 amide bonds. The molecule has 0 spiro atoms. The number of nitrogen functional groups attached to an aromatic ring is 1. The van der Waals surface area contributed by atoms with Gasteiger partial charge in [0.2, 0.25) is 0 Å². The predicted molar refractivity (Wildman–Crippen MR) is 70.4 cm³/mol. The highest BCUT2D eigenvalue weighted by Gasteiger charge is 2.13. The summed E-state index contributed by atoms with van der Waals surface area (Å²) in [5.74, 6) is -0.847. The quantitative estimate of drug-likeness (QED) is 0.740. The van der Waals surface area contributed by atoms with Crippen molar-refractivity contribution in [1.82, 2.24) is 15.1 Å². The fraction of sp³-hybridized carbons (Fsp3) is 0.583. The maximum Gasteiger partial charge on any atom is 0.328 e. The van der Waals surface area contributed by atoms with Gasteiger partial charge >= 0.3 is 5.97 Å². The largest absolute Gasteiger partial charge is 0.454 e. The summed E-state index contributed by atoms with van der Waals surface area (Å²) in [4.78, 5) is 22.9. The molecule has 0 aromatic carbocycles. The lowest BCUT2D eigenvalue weighted by molar-refractivity contribution is -0.149. The number of rotatable bonds is 5. The molecule has 106 valence electrons. The van der Waals surface area contributed by atoms with Crippen LogP contribution in [-0.4, -0.2) is 34.3 Å². The van der Waals surface area contributed by atoms with Crippen molar-refractivity contribution < 1.29 is 14.3 Å². The molecule has 3 N–H and O–H groups in total. The Labute approximate surface area is 112 Å². The van der Waals surface area contributed by atoms with Gasteiger partial charge in [-0.15, -0.1) is 0 Å². The molecule has 1 aromatic heterocycles. The Morgan fingerprint density at radius 3 is 2.53 bits per heavy atom. The van der Waals surface area contributed by atoms with E-state index in [2.05, 4.69) is 10.4 Å². The Balaban J connectivity index is 2.47. The number of aromatic nitrogens is 2. The summed E-state index contributed by atoms with van der Waals surface area (Å²) >= 11 is 0. The first-order valence-electron chi connectivity index (χ1n) is 6.05. The maximum atomic E-state index is 11.6. The van der Waals surface area contributed by atoms with Crippen molar-refractivity contribution in [3.05, 3.63) is 11.4 Å². The summed E-state index contributed by atoms with van der Waals surface area (Å²) in [7, 11) is 0. The van der Waals surface area contributed by atoms with Gasteiger partial charge < -0.3 is 15.8 Å². The zero-order valence-corrected chi connectivity index (χ0v) is 11.7. The molecule has 0 aliphatic rings. The van der Waals surface area contributed by atoms with Gasteiger partial charge in [-0.2, -0.15) is 5.10 Å². The monoisotopic (exact) mass is 268 g/mol. The average molecular weight is 268 g/mol. The molecule has 0 saturated heterocycles. The van der Waals surface area contributed by atoms with Crippen LogP contribution in [0.25, 0.3) is 0 Å². The Hall–Kier alpha value is -2.05. The number of ether oxygens (including phenoxy) is 1. The predicted octanol–water partition coefficient (Wildman–Crippen LogP) is 0.150. The van der Waals surface area contributed by atoms with E-state index in [1.54, 1.807) is 13.8 Å². The number of hydrogen-bond acceptors (Lipinski definition) is 5. The van der Waals surface area contributed by atoms with Gasteiger partial charge in [0.1, 0.15) is 6.54 Å². The zero-order chi connectivity index (χ0) is 14.6. The van der Waals surface area contributed by atoms with Crippen LogP contribution >= 0.6 is 0 Å². The number of nitrogens with two attached hydrogens (primary N) is 1. The van der Waals surface area contributed by atoms with Gasteiger partial charge in [0.25, 0.3) is 5.91 Å². The molecular weight excluding hydrogens is 248 g/mol. The fourth-order valence-corrected chi connectivity index (χ4v) is 1.54. The molecule has 7 nitrogen and oxygen atoms in total. The van der Waals surface area contributed by atoms with E-state index >= 15 is 0 Å². The Bertz CT molecular complexity index is 480. The molecule has 0 atom stereocenters. The number of nitrogens with one attached hydrogen (secondary N) is 1. The first kappa shape index (κ1) is 15.0. The zero-order valence-electron chi connectivity index (χ0n) is 11.7. The minimum absolute atomic E-state index is 0.0157. The van der Waals surface area contributed by atoms with Crippen molar-refractivity contribution >= 4 is 17.6 Å². The van der Waals surface area contributed by atoms with Crippen LogP contribution in [0.3, 0.4) is 0 Å². The third-order valence-electron chi connectivity index (χ3n) is 2.53. The van der Waals surface area contributed by atoms with Gasteiger partial charge in [-0.25, -0.2) is 0 Å². The standard InChI is InChI=1S/C12H20N4O3/c1-7(2)14-10(17)6-19-11(18)5-16-9(4)12(13)8(3)15-16/h7H,5-6,13H2,1-4H3,(H,14,17). The van der Waals surface area contributed by atoms with Crippen molar-refractivity contribution in [1.29, 1.82) is 0 Å². The smallest absolute Gasteiger partial charge is 0.328 e. The lowest BCUT2D eigenvalue weighted by Gasteiger charge is -2.09. The number of aryl methyl sites for hydroxylation is 1. The second-order valence-corrected chi connectivity index (χ2v) is 4.63. The molecule has 1 aromatic rings. The van der Waals surface area contributed by atoms with E-state index in [-0.39, 0.29) is 25.1 Å². The molecule has 19 heavy (non-hydrogen) atoms. The number of amides is 1. The molecule has 1 rings (SSSR count). The van der Waals surface area contributed by atoms with Crippen molar-refractivity contribution in [3.8, 4) is 0 Å². The van der Waals surface area contributed by atoms with Gasteiger partial charge in [0.15, 0.2) is 6.61 Å². The first-order chi connectivity index (χ1) is 8.81. The van der Waals surface area contributed by atoms with Gasteiger partial charge in [-0.3, -0.25) is 14.3 Å². The number of anilines is 1. The van der Waals surface area contributed by atoms with Crippen molar-refractivity contribution in [2.24, 2.45) is 0 Å². The Morgan fingerprint density at radius 2 is 2.05 bits per heavy atom. The van der Waals surface area contributed by atoms with Crippen LogP contribution in [0, 0.1) is 13.8 Å². The number of nitrogens with zero attached hydrogens (tertiary/aromatic N) is 2. The molecule has 0 unspecified atom stereocenters. The molecule has 0 saturated carbocycles. The highest BCUT2D eigenvalue weighted by atomic mass is 16.5. The Morgan fingerprint density at radius 1 is 1.42 bits per heavy atom. The van der Waals surface area contributed by atoms with Crippen molar-refractivity contribution in [3.63, 3.8) is 0 Å². The highest BCUT2D eigenvalue weighted by Crippen LogP contribution is 2.14. The fourth-order valence-electron chi connectivity index (χ4n) is 1.54.